The van der Waals surface area contributed by atoms with Crippen LogP contribution >= 0.6 is 0 Å². The van der Waals surface area contributed by atoms with Crippen LogP contribution in [0.2, 0.25) is 0 Å². The Morgan fingerprint density at radius 2 is 0.940 bits per heavy atom. The maximum Gasteiger partial charge on any atom is 0.164 e. The van der Waals surface area contributed by atoms with Crippen molar-refractivity contribution in [3.8, 4) is 51.0 Å². The molecule has 7 aromatic carbocycles. The Kier molecular flexibility index (Phi) is 6.42. The average Bonchev–Trinajstić information content (AvgIpc) is 3.75. The molecule has 3 aromatic heterocycles. The van der Waals surface area contributed by atoms with Gasteiger partial charge in [0, 0.05) is 43.9 Å². The molecule has 0 amide bonds. The molecular weight excluding hydrogens is 613 g/mol. The number of benzene rings is 7. The summed E-state index contributed by atoms with van der Waals surface area (Å²) in [7, 11) is 0. The summed E-state index contributed by atoms with van der Waals surface area (Å²) in [5, 5.41) is 4.45. The zero-order valence-corrected chi connectivity index (χ0v) is 26.9. The summed E-state index contributed by atoms with van der Waals surface area (Å²) in [6.45, 7) is 0. The Morgan fingerprint density at radius 3 is 1.58 bits per heavy atom. The molecule has 10 aromatic rings. The fourth-order valence-electron chi connectivity index (χ4n) is 7.17. The Hall–Kier alpha value is -6.85. The lowest BCUT2D eigenvalue weighted by Crippen LogP contribution is -2.00. The van der Waals surface area contributed by atoms with Gasteiger partial charge in [-0.3, -0.25) is 0 Å². The van der Waals surface area contributed by atoms with E-state index in [9.17, 15) is 0 Å². The summed E-state index contributed by atoms with van der Waals surface area (Å²) >= 11 is 0. The number of nitrogens with zero attached hydrogens (tertiary/aromatic N) is 4. The van der Waals surface area contributed by atoms with Gasteiger partial charge in [-0.25, -0.2) is 15.0 Å². The molecule has 234 valence electrons. The van der Waals surface area contributed by atoms with Crippen molar-refractivity contribution in [1.82, 2.24) is 19.5 Å². The highest BCUT2D eigenvalue weighted by Gasteiger charge is 2.22. The van der Waals surface area contributed by atoms with Crippen molar-refractivity contribution in [2.24, 2.45) is 0 Å². The quantitative estimate of drug-likeness (QED) is 0.188. The number of rotatable bonds is 5. The summed E-state index contributed by atoms with van der Waals surface area (Å²) in [4.78, 5) is 15.0. The summed E-state index contributed by atoms with van der Waals surface area (Å²) in [6, 6.07) is 58.4. The molecule has 0 radical (unpaired) electrons. The number of hydrogen-bond acceptors (Lipinski definition) is 4. The van der Waals surface area contributed by atoms with E-state index in [0.717, 1.165) is 71.9 Å². The van der Waals surface area contributed by atoms with Crippen molar-refractivity contribution in [3.63, 3.8) is 0 Å². The molecule has 5 heteroatoms. The molecule has 0 unspecified atom stereocenters. The second-order valence-corrected chi connectivity index (χ2v) is 12.4. The lowest BCUT2D eigenvalue weighted by molar-refractivity contribution is 0.671. The Labute approximate surface area is 287 Å². The number of aromatic nitrogens is 4. The molecule has 0 fully saturated rings. The van der Waals surface area contributed by atoms with E-state index in [1.165, 1.54) is 5.39 Å². The molecule has 0 saturated carbocycles. The summed E-state index contributed by atoms with van der Waals surface area (Å²) in [5.74, 6) is 1.82. The van der Waals surface area contributed by atoms with Crippen LogP contribution in [0.4, 0.5) is 0 Å². The molecule has 5 nitrogen and oxygen atoms in total. The number of furan rings is 1. The van der Waals surface area contributed by atoms with Gasteiger partial charge in [0.15, 0.2) is 23.1 Å². The Balaban J connectivity index is 1.30. The highest BCUT2D eigenvalue weighted by atomic mass is 16.3. The van der Waals surface area contributed by atoms with E-state index in [4.69, 9.17) is 19.4 Å². The van der Waals surface area contributed by atoms with Gasteiger partial charge < -0.3 is 8.98 Å². The van der Waals surface area contributed by atoms with Crippen LogP contribution in [-0.2, 0) is 0 Å². The Bertz CT molecular complexity index is 2780. The van der Waals surface area contributed by atoms with Gasteiger partial charge in [-0.15, -0.1) is 0 Å². The molecule has 0 aliphatic heterocycles. The maximum atomic E-state index is 7.02. The number of para-hydroxylation sites is 2. The Morgan fingerprint density at radius 1 is 0.420 bits per heavy atom. The first kappa shape index (κ1) is 28.2. The van der Waals surface area contributed by atoms with Gasteiger partial charge in [0.05, 0.1) is 11.0 Å². The molecule has 50 heavy (non-hydrogen) atoms. The smallest absolute Gasteiger partial charge is 0.164 e. The third kappa shape index (κ3) is 4.52. The molecule has 0 N–H and O–H groups in total. The van der Waals surface area contributed by atoms with Crippen LogP contribution in [0.15, 0.2) is 174 Å². The van der Waals surface area contributed by atoms with Gasteiger partial charge in [0.2, 0.25) is 0 Å². The molecule has 3 heterocycles. The predicted octanol–water partition coefficient (Wildman–Crippen LogP) is 11.5. The first-order valence-corrected chi connectivity index (χ1v) is 16.7. The topological polar surface area (TPSA) is 56.7 Å². The van der Waals surface area contributed by atoms with Crippen LogP contribution < -0.4 is 0 Å². The van der Waals surface area contributed by atoms with E-state index < -0.39 is 0 Å². The van der Waals surface area contributed by atoms with E-state index in [-0.39, 0.29) is 0 Å². The second kappa shape index (κ2) is 11.4. The van der Waals surface area contributed by atoms with E-state index in [1.807, 2.05) is 66.7 Å². The predicted molar refractivity (Wildman–Crippen MR) is 203 cm³/mol. The van der Waals surface area contributed by atoms with Crippen LogP contribution in [0, 0.1) is 0 Å². The first-order chi connectivity index (χ1) is 24.8. The van der Waals surface area contributed by atoms with Crippen molar-refractivity contribution < 1.29 is 4.42 Å². The molecule has 0 saturated heterocycles. The molecule has 0 atom stereocenters. The molecular formula is C45H28N4O. The van der Waals surface area contributed by atoms with Gasteiger partial charge in [0.1, 0.15) is 5.58 Å². The average molecular weight is 641 g/mol. The summed E-state index contributed by atoms with van der Waals surface area (Å²) in [6.07, 6.45) is 0. The largest absolute Gasteiger partial charge is 0.454 e. The van der Waals surface area contributed by atoms with Crippen LogP contribution in [-0.4, -0.2) is 19.5 Å². The van der Waals surface area contributed by atoms with E-state index >= 15 is 0 Å². The van der Waals surface area contributed by atoms with Crippen molar-refractivity contribution in [1.29, 1.82) is 0 Å². The van der Waals surface area contributed by atoms with Gasteiger partial charge in [-0.2, -0.15) is 0 Å². The van der Waals surface area contributed by atoms with Crippen molar-refractivity contribution in [3.05, 3.63) is 170 Å². The van der Waals surface area contributed by atoms with E-state index in [1.54, 1.807) is 0 Å². The fourth-order valence-corrected chi connectivity index (χ4v) is 7.17. The monoisotopic (exact) mass is 640 g/mol. The molecule has 0 aliphatic carbocycles. The van der Waals surface area contributed by atoms with Crippen LogP contribution in [0.5, 0.6) is 0 Å². The first-order valence-electron chi connectivity index (χ1n) is 16.7. The minimum absolute atomic E-state index is 0.584. The minimum Gasteiger partial charge on any atom is -0.454 e. The highest BCUT2D eigenvalue weighted by molar-refractivity contribution is 6.24. The lowest BCUT2D eigenvalue weighted by atomic mass is 9.96. The van der Waals surface area contributed by atoms with Gasteiger partial charge >= 0.3 is 0 Å². The van der Waals surface area contributed by atoms with Crippen LogP contribution in [0.1, 0.15) is 0 Å². The zero-order valence-electron chi connectivity index (χ0n) is 26.9. The third-order valence-corrected chi connectivity index (χ3v) is 9.43. The van der Waals surface area contributed by atoms with Crippen molar-refractivity contribution >= 4 is 43.7 Å². The normalized spacial score (nSPS) is 11.6. The third-order valence-electron chi connectivity index (χ3n) is 9.43. The minimum atomic E-state index is 0.584. The van der Waals surface area contributed by atoms with Gasteiger partial charge in [0.25, 0.3) is 0 Å². The molecule has 0 bridgehead atoms. The van der Waals surface area contributed by atoms with Gasteiger partial charge in [-0.1, -0.05) is 133 Å². The molecule has 0 spiro atoms. The summed E-state index contributed by atoms with van der Waals surface area (Å²) < 4.78 is 9.34. The second-order valence-electron chi connectivity index (χ2n) is 12.4. The highest BCUT2D eigenvalue weighted by Crippen LogP contribution is 2.44. The maximum absolute atomic E-state index is 7.02. The number of fused-ring (bicyclic) bond motifs is 7. The standard InChI is InChI=1S/C45H28N4O/c1-5-15-29(16-6-1)37-27-32(45-47-43(30-17-7-2-8-18-30)46-44(48-45)31-19-9-3-10-20-31)28-39-40(37)36-26-25-35-34-23-13-14-24-38(34)49(41(35)42(36)50-39)33-21-11-4-12-22-33/h1-28H. The van der Waals surface area contributed by atoms with E-state index in [2.05, 4.69) is 108 Å². The van der Waals surface area contributed by atoms with Gasteiger partial charge in [-0.05, 0) is 47.5 Å². The fraction of sp³-hybridized carbons (Fsp3) is 0. The van der Waals surface area contributed by atoms with Crippen molar-refractivity contribution in [2.45, 2.75) is 0 Å². The zero-order chi connectivity index (χ0) is 33.0. The number of hydrogen-bond donors (Lipinski definition) is 0. The molecule has 10 rings (SSSR count). The van der Waals surface area contributed by atoms with Crippen molar-refractivity contribution in [2.75, 3.05) is 0 Å². The van der Waals surface area contributed by atoms with E-state index in [0.29, 0.717) is 17.5 Å². The summed E-state index contributed by atoms with van der Waals surface area (Å²) in [5.41, 5.74) is 9.74. The van der Waals surface area contributed by atoms with Crippen LogP contribution in [0.3, 0.4) is 0 Å². The lowest BCUT2D eigenvalue weighted by Gasteiger charge is -2.10. The molecule has 0 aliphatic rings. The SMILES string of the molecule is c1ccc(-c2nc(-c3ccccc3)nc(-c3cc(-c4ccccc4)c4c(c3)oc3c4ccc4c5ccccc5n(-c5ccccc5)c43)n2)cc1. The van der Waals surface area contributed by atoms with Crippen LogP contribution in [0.25, 0.3) is 94.7 Å².